The minimum absolute atomic E-state index is 0. The number of benzene rings is 1. The van der Waals surface area contributed by atoms with Crippen LogP contribution < -0.4 is 10.6 Å². The molecule has 1 aliphatic heterocycles. The van der Waals surface area contributed by atoms with Gasteiger partial charge in [0.2, 0.25) is 0 Å². The molecule has 0 aliphatic carbocycles. The molecule has 6 heteroatoms. The highest BCUT2D eigenvalue weighted by Gasteiger charge is 2.09. The fourth-order valence-corrected chi connectivity index (χ4v) is 1.65. The molecule has 0 fully saturated rings. The fourth-order valence-electron chi connectivity index (χ4n) is 1.65. The van der Waals surface area contributed by atoms with E-state index in [0.717, 1.165) is 35.8 Å². The average molecular weight is 238 g/mol. The van der Waals surface area contributed by atoms with Crippen LogP contribution in [-0.4, -0.2) is 29.2 Å². The molecule has 0 saturated heterocycles. The molecule has 3 rings (SSSR count). The highest BCUT2D eigenvalue weighted by atomic mass is 35.5. The van der Waals surface area contributed by atoms with E-state index < -0.39 is 0 Å². The second-order valence-electron chi connectivity index (χ2n) is 3.40. The number of hydrogen-bond acceptors (Lipinski definition) is 4. The molecule has 0 radical (unpaired) electrons. The number of halogens is 1. The van der Waals surface area contributed by atoms with Gasteiger partial charge in [0.15, 0.2) is 11.8 Å². The summed E-state index contributed by atoms with van der Waals surface area (Å²) in [6.07, 6.45) is 0. The number of rotatable bonds is 1. The van der Waals surface area contributed by atoms with Crippen LogP contribution in [0.2, 0.25) is 0 Å². The predicted octanol–water partition coefficient (Wildman–Crippen LogP) is 1.36. The number of fused-ring (bicyclic) bond motifs is 1. The van der Waals surface area contributed by atoms with Crippen LogP contribution >= 0.6 is 12.4 Å². The largest absolute Gasteiger partial charge is 0.354 e. The lowest BCUT2D eigenvalue weighted by Gasteiger charge is -2.02. The van der Waals surface area contributed by atoms with Crippen molar-refractivity contribution < 1.29 is 0 Å². The SMILES string of the molecule is Cl.c1ccc2c(NC3=NCCN3)n[nH]c2c1. The van der Waals surface area contributed by atoms with E-state index >= 15 is 0 Å². The summed E-state index contributed by atoms with van der Waals surface area (Å²) < 4.78 is 0. The zero-order valence-electron chi connectivity index (χ0n) is 8.53. The summed E-state index contributed by atoms with van der Waals surface area (Å²) in [6, 6.07) is 8.00. The Morgan fingerprint density at radius 3 is 2.94 bits per heavy atom. The number of aromatic nitrogens is 2. The minimum Gasteiger partial charge on any atom is -0.354 e. The average Bonchev–Trinajstić information content (AvgIpc) is 2.89. The van der Waals surface area contributed by atoms with Gasteiger partial charge in [-0.2, -0.15) is 5.10 Å². The molecule has 5 nitrogen and oxygen atoms in total. The third-order valence-electron chi connectivity index (χ3n) is 2.38. The molecule has 0 atom stereocenters. The van der Waals surface area contributed by atoms with E-state index in [9.17, 15) is 0 Å². The highest BCUT2D eigenvalue weighted by Crippen LogP contribution is 2.19. The number of H-pyrrole nitrogens is 1. The van der Waals surface area contributed by atoms with E-state index in [0.29, 0.717) is 0 Å². The van der Waals surface area contributed by atoms with Crippen molar-refractivity contribution in [3.8, 4) is 0 Å². The van der Waals surface area contributed by atoms with E-state index in [-0.39, 0.29) is 12.4 Å². The first-order valence-electron chi connectivity index (χ1n) is 4.92. The van der Waals surface area contributed by atoms with Crippen molar-refractivity contribution in [1.29, 1.82) is 0 Å². The van der Waals surface area contributed by atoms with E-state index in [2.05, 4.69) is 25.8 Å². The molecule has 1 aliphatic rings. The zero-order valence-corrected chi connectivity index (χ0v) is 9.34. The molecule has 1 aromatic heterocycles. The molecule has 0 bridgehead atoms. The quantitative estimate of drug-likeness (QED) is 0.702. The van der Waals surface area contributed by atoms with E-state index in [1.807, 2.05) is 24.3 Å². The van der Waals surface area contributed by atoms with E-state index in [1.165, 1.54) is 0 Å². The molecular weight excluding hydrogens is 226 g/mol. The van der Waals surface area contributed by atoms with Crippen LogP contribution in [0.4, 0.5) is 5.82 Å². The van der Waals surface area contributed by atoms with Crippen molar-refractivity contribution in [3.05, 3.63) is 24.3 Å². The van der Waals surface area contributed by atoms with Crippen molar-refractivity contribution >= 4 is 35.1 Å². The number of hydrogen-bond donors (Lipinski definition) is 3. The number of aromatic amines is 1. The fraction of sp³-hybridized carbons (Fsp3) is 0.200. The van der Waals surface area contributed by atoms with Crippen molar-refractivity contribution in [2.45, 2.75) is 0 Å². The first-order chi connectivity index (χ1) is 7.43. The van der Waals surface area contributed by atoms with Crippen LogP contribution in [-0.2, 0) is 0 Å². The maximum absolute atomic E-state index is 4.26. The number of anilines is 1. The summed E-state index contributed by atoms with van der Waals surface area (Å²) in [5.41, 5.74) is 1.03. The van der Waals surface area contributed by atoms with Gasteiger partial charge in [-0.05, 0) is 12.1 Å². The predicted molar refractivity (Wildman–Crippen MR) is 67.3 cm³/mol. The number of nitrogens with zero attached hydrogens (tertiary/aromatic N) is 2. The van der Waals surface area contributed by atoms with Gasteiger partial charge in [-0.3, -0.25) is 10.1 Å². The van der Waals surface area contributed by atoms with Gasteiger partial charge in [-0.25, -0.2) is 0 Å². The van der Waals surface area contributed by atoms with E-state index in [1.54, 1.807) is 0 Å². The van der Waals surface area contributed by atoms with Crippen molar-refractivity contribution in [2.75, 3.05) is 18.4 Å². The third kappa shape index (κ3) is 1.81. The van der Waals surface area contributed by atoms with Crippen LogP contribution in [0.3, 0.4) is 0 Å². The second-order valence-corrected chi connectivity index (χ2v) is 3.40. The van der Waals surface area contributed by atoms with Gasteiger partial charge < -0.3 is 10.6 Å². The Bertz CT molecular complexity index is 519. The standard InChI is InChI=1S/C10H11N5.ClH/c1-2-4-8-7(3-1)9(15-14-8)13-10-11-5-6-12-10;/h1-4H,5-6H2,(H3,11,12,13,14,15);1H. The smallest absolute Gasteiger partial charge is 0.197 e. The summed E-state index contributed by atoms with van der Waals surface area (Å²) >= 11 is 0. The number of para-hydroxylation sites is 1. The Morgan fingerprint density at radius 2 is 2.12 bits per heavy atom. The molecule has 0 amide bonds. The third-order valence-corrected chi connectivity index (χ3v) is 2.38. The maximum Gasteiger partial charge on any atom is 0.197 e. The Labute approximate surface area is 98.7 Å². The van der Waals surface area contributed by atoms with Gasteiger partial charge in [-0.15, -0.1) is 12.4 Å². The lowest BCUT2D eigenvalue weighted by Crippen LogP contribution is -2.26. The lowest BCUT2D eigenvalue weighted by molar-refractivity contribution is 0.958. The Kier molecular flexibility index (Phi) is 2.96. The molecule has 2 aromatic rings. The summed E-state index contributed by atoms with van der Waals surface area (Å²) in [5, 5.41) is 14.6. The van der Waals surface area contributed by atoms with Crippen LogP contribution in [0.25, 0.3) is 10.9 Å². The second kappa shape index (κ2) is 4.40. The van der Waals surface area contributed by atoms with Gasteiger partial charge in [0.05, 0.1) is 12.1 Å². The molecule has 0 spiro atoms. The number of guanidine groups is 1. The minimum atomic E-state index is 0. The van der Waals surface area contributed by atoms with Crippen LogP contribution in [0, 0.1) is 0 Å². The number of nitrogens with one attached hydrogen (secondary N) is 3. The molecule has 1 aromatic carbocycles. The molecule has 16 heavy (non-hydrogen) atoms. The summed E-state index contributed by atoms with van der Waals surface area (Å²) in [4.78, 5) is 4.26. The molecule has 0 unspecified atom stereocenters. The van der Waals surface area contributed by atoms with Gasteiger partial charge in [0.25, 0.3) is 0 Å². The molecular formula is C10H12ClN5. The Morgan fingerprint density at radius 1 is 1.25 bits per heavy atom. The highest BCUT2D eigenvalue weighted by molar-refractivity contribution is 6.01. The molecule has 2 heterocycles. The lowest BCUT2D eigenvalue weighted by atomic mass is 10.2. The van der Waals surface area contributed by atoms with Crippen molar-refractivity contribution in [1.82, 2.24) is 15.5 Å². The van der Waals surface area contributed by atoms with Crippen LogP contribution in [0.15, 0.2) is 29.3 Å². The Balaban J connectivity index is 0.000000963. The van der Waals surface area contributed by atoms with Gasteiger partial charge in [0, 0.05) is 11.9 Å². The normalized spacial score (nSPS) is 14.1. The van der Waals surface area contributed by atoms with Gasteiger partial charge in [0.1, 0.15) is 0 Å². The topological polar surface area (TPSA) is 65.1 Å². The van der Waals surface area contributed by atoms with Crippen LogP contribution in [0.1, 0.15) is 0 Å². The molecule has 0 saturated carbocycles. The van der Waals surface area contributed by atoms with Crippen LogP contribution in [0.5, 0.6) is 0 Å². The van der Waals surface area contributed by atoms with E-state index in [4.69, 9.17) is 0 Å². The first-order valence-corrected chi connectivity index (χ1v) is 4.92. The summed E-state index contributed by atoms with van der Waals surface area (Å²) in [7, 11) is 0. The summed E-state index contributed by atoms with van der Waals surface area (Å²) in [6.45, 7) is 1.72. The monoisotopic (exact) mass is 237 g/mol. The molecule has 84 valence electrons. The van der Waals surface area contributed by atoms with Gasteiger partial charge >= 0.3 is 0 Å². The molecule has 3 N–H and O–H groups in total. The maximum atomic E-state index is 4.26. The number of aliphatic imine (C=N–C) groups is 1. The summed E-state index contributed by atoms with van der Waals surface area (Å²) in [5.74, 6) is 1.62. The zero-order chi connectivity index (χ0) is 10.1. The Hall–Kier alpha value is -1.75. The van der Waals surface area contributed by atoms with Crippen molar-refractivity contribution in [3.63, 3.8) is 0 Å². The first kappa shape index (κ1) is 10.8. The van der Waals surface area contributed by atoms with Gasteiger partial charge in [-0.1, -0.05) is 12.1 Å². The van der Waals surface area contributed by atoms with Crippen molar-refractivity contribution in [2.24, 2.45) is 4.99 Å².